The van der Waals surface area contributed by atoms with E-state index in [0.717, 1.165) is 23.7 Å². The quantitative estimate of drug-likeness (QED) is 0.336. The van der Waals surface area contributed by atoms with Gasteiger partial charge in [0.25, 0.3) is 5.69 Å². The maximum absolute atomic E-state index is 12.1. The van der Waals surface area contributed by atoms with Crippen LogP contribution in [0.15, 0.2) is 47.6 Å². The molecule has 0 aliphatic heterocycles. The monoisotopic (exact) mass is 417 g/mol. The second kappa shape index (κ2) is 8.85. The Bertz CT molecular complexity index is 1010. The third kappa shape index (κ3) is 4.87. The second-order valence-corrected chi connectivity index (χ2v) is 7.13. The van der Waals surface area contributed by atoms with Gasteiger partial charge < -0.3 is 5.32 Å². The zero-order valence-electron chi connectivity index (χ0n) is 14.8. The number of nitrogens with zero attached hydrogens (tertiary/aromatic N) is 3. The van der Waals surface area contributed by atoms with Crippen molar-refractivity contribution in [2.45, 2.75) is 18.5 Å². The third-order valence-electron chi connectivity index (χ3n) is 3.86. The van der Waals surface area contributed by atoms with E-state index in [9.17, 15) is 14.9 Å². The standard InChI is InChI=1S/C18H16ClN5O3S/c1-2-11-3-5-12(6-4-11)17-21-18(23-22-17)28-10-16(25)20-13-7-8-14(19)15(9-13)24(26)27/h3-9H,2,10H2,1H3,(H,20,25)(H,21,22,23). The van der Waals surface area contributed by atoms with Gasteiger partial charge in [-0.25, -0.2) is 4.98 Å². The van der Waals surface area contributed by atoms with Crippen molar-refractivity contribution in [1.82, 2.24) is 15.2 Å². The van der Waals surface area contributed by atoms with Crippen molar-refractivity contribution in [3.63, 3.8) is 0 Å². The smallest absolute Gasteiger partial charge is 0.289 e. The molecule has 1 amide bonds. The Hall–Kier alpha value is -2.91. The van der Waals surface area contributed by atoms with E-state index in [0.29, 0.717) is 16.7 Å². The molecule has 0 saturated heterocycles. The number of amides is 1. The SMILES string of the molecule is CCc1ccc(-c2nc(SCC(=O)Nc3ccc(Cl)c([N+](=O)[O-])c3)n[nH]2)cc1. The van der Waals surface area contributed by atoms with Gasteiger partial charge in [-0.2, -0.15) is 0 Å². The Balaban J connectivity index is 1.58. The van der Waals surface area contributed by atoms with Gasteiger partial charge in [-0.1, -0.05) is 54.6 Å². The van der Waals surface area contributed by atoms with Gasteiger partial charge in [-0.3, -0.25) is 20.0 Å². The Morgan fingerprint density at radius 1 is 1.29 bits per heavy atom. The molecule has 1 aromatic heterocycles. The van der Waals surface area contributed by atoms with Crippen molar-refractivity contribution in [3.05, 3.63) is 63.2 Å². The lowest BCUT2D eigenvalue weighted by Gasteiger charge is -2.04. The molecule has 144 valence electrons. The number of anilines is 1. The van der Waals surface area contributed by atoms with Crippen LogP contribution in [0.2, 0.25) is 5.02 Å². The molecule has 0 aliphatic rings. The Morgan fingerprint density at radius 2 is 2.04 bits per heavy atom. The van der Waals surface area contributed by atoms with E-state index in [1.807, 2.05) is 24.3 Å². The Morgan fingerprint density at radius 3 is 2.71 bits per heavy atom. The van der Waals surface area contributed by atoms with Gasteiger partial charge in [0.05, 0.1) is 10.7 Å². The molecule has 0 unspecified atom stereocenters. The second-order valence-electron chi connectivity index (χ2n) is 5.78. The summed E-state index contributed by atoms with van der Waals surface area (Å²) < 4.78 is 0. The highest BCUT2D eigenvalue weighted by atomic mass is 35.5. The number of aromatic amines is 1. The van der Waals surface area contributed by atoms with Crippen LogP contribution < -0.4 is 5.32 Å². The van der Waals surface area contributed by atoms with E-state index < -0.39 is 4.92 Å². The number of nitrogens with one attached hydrogen (secondary N) is 2. The molecule has 10 heteroatoms. The summed E-state index contributed by atoms with van der Waals surface area (Å²) in [5.41, 5.74) is 2.18. The van der Waals surface area contributed by atoms with Crippen LogP contribution in [0.4, 0.5) is 11.4 Å². The molecule has 0 radical (unpaired) electrons. The molecular formula is C18H16ClN5O3S. The van der Waals surface area contributed by atoms with Crippen molar-refractivity contribution >= 4 is 40.6 Å². The highest BCUT2D eigenvalue weighted by Gasteiger charge is 2.14. The maximum Gasteiger partial charge on any atom is 0.289 e. The number of aryl methyl sites for hydroxylation is 1. The van der Waals surface area contributed by atoms with Gasteiger partial charge in [0, 0.05) is 17.3 Å². The summed E-state index contributed by atoms with van der Waals surface area (Å²) in [7, 11) is 0. The van der Waals surface area contributed by atoms with Crippen molar-refractivity contribution in [2.75, 3.05) is 11.1 Å². The average molecular weight is 418 g/mol. The number of aromatic nitrogens is 3. The van der Waals surface area contributed by atoms with E-state index in [1.54, 1.807) is 0 Å². The molecule has 2 aromatic carbocycles. The van der Waals surface area contributed by atoms with Crippen LogP contribution in [0.5, 0.6) is 0 Å². The molecule has 28 heavy (non-hydrogen) atoms. The fourth-order valence-electron chi connectivity index (χ4n) is 2.40. The minimum Gasteiger partial charge on any atom is -0.325 e. The highest BCUT2D eigenvalue weighted by Crippen LogP contribution is 2.27. The molecule has 0 bridgehead atoms. The Labute approximate surface area is 169 Å². The highest BCUT2D eigenvalue weighted by molar-refractivity contribution is 7.99. The van der Waals surface area contributed by atoms with Gasteiger partial charge in [-0.05, 0) is 24.1 Å². The number of benzene rings is 2. The number of carbonyl (C=O) groups excluding carboxylic acids is 1. The number of nitro groups is 1. The summed E-state index contributed by atoms with van der Waals surface area (Å²) in [6, 6.07) is 12.1. The predicted octanol–water partition coefficient (Wildman–Crippen LogP) is 4.33. The fraction of sp³-hybridized carbons (Fsp3) is 0.167. The van der Waals surface area contributed by atoms with E-state index in [2.05, 4.69) is 27.4 Å². The number of thioether (sulfide) groups is 1. The normalized spacial score (nSPS) is 10.6. The van der Waals surface area contributed by atoms with Gasteiger partial charge in [0.15, 0.2) is 5.82 Å². The van der Waals surface area contributed by atoms with Crippen LogP contribution in [0.1, 0.15) is 12.5 Å². The summed E-state index contributed by atoms with van der Waals surface area (Å²) in [4.78, 5) is 26.8. The van der Waals surface area contributed by atoms with E-state index >= 15 is 0 Å². The zero-order valence-corrected chi connectivity index (χ0v) is 16.4. The molecular weight excluding hydrogens is 402 g/mol. The minimum atomic E-state index is -0.602. The van der Waals surface area contributed by atoms with Crippen molar-refractivity contribution < 1.29 is 9.72 Å². The number of nitro benzene ring substituents is 1. The number of hydrogen-bond acceptors (Lipinski definition) is 6. The molecule has 3 aromatic rings. The van der Waals surface area contributed by atoms with Crippen molar-refractivity contribution in [3.8, 4) is 11.4 Å². The predicted molar refractivity (Wildman–Crippen MR) is 109 cm³/mol. The topological polar surface area (TPSA) is 114 Å². The van der Waals surface area contributed by atoms with Gasteiger partial charge >= 0.3 is 0 Å². The Kier molecular flexibility index (Phi) is 6.27. The summed E-state index contributed by atoms with van der Waals surface area (Å²) in [6.45, 7) is 2.09. The number of halogens is 1. The van der Waals surface area contributed by atoms with E-state index in [4.69, 9.17) is 11.6 Å². The molecule has 0 fully saturated rings. The molecule has 3 rings (SSSR count). The summed E-state index contributed by atoms with van der Waals surface area (Å²) in [5, 5.41) is 20.9. The lowest BCUT2D eigenvalue weighted by molar-refractivity contribution is -0.384. The lowest BCUT2D eigenvalue weighted by atomic mass is 10.1. The van der Waals surface area contributed by atoms with Crippen molar-refractivity contribution in [2.24, 2.45) is 0 Å². The first-order chi connectivity index (χ1) is 13.5. The average Bonchev–Trinajstić information content (AvgIpc) is 3.17. The molecule has 2 N–H and O–H groups in total. The molecule has 0 atom stereocenters. The number of H-pyrrole nitrogens is 1. The molecule has 0 saturated carbocycles. The van der Waals surface area contributed by atoms with Gasteiger partial charge in [0.1, 0.15) is 5.02 Å². The molecule has 0 aliphatic carbocycles. The van der Waals surface area contributed by atoms with E-state index in [-0.39, 0.29) is 22.4 Å². The van der Waals surface area contributed by atoms with Crippen LogP contribution in [0, 0.1) is 10.1 Å². The summed E-state index contributed by atoms with van der Waals surface area (Å²) in [5.74, 6) is 0.349. The van der Waals surface area contributed by atoms with Crippen LogP contribution in [0.25, 0.3) is 11.4 Å². The fourth-order valence-corrected chi connectivity index (χ4v) is 3.18. The first-order valence-electron chi connectivity index (χ1n) is 8.34. The van der Waals surface area contributed by atoms with Crippen LogP contribution >= 0.6 is 23.4 Å². The van der Waals surface area contributed by atoms with E-state index in [1.165, 1.54) is 23.8 Å². The van der Waals surface area contributed by atoms with Crippen molar-refractivity contribution in [1.29, 1.82) is 0 Å². The van der Waals surface area contributed by atoms with Crippen LogP contribution in [-0.2, 0) is 11.2 Å². The van der Waals surface area contributed by atoms with Gasteiger partial charge in [0.2, 0.25) is 11.1 Å². The molecule has 8 nitrogen and oxygen atoms in total. The number of hydrogen-bond donors (Lipinski definition) is 2. The first-order valence-corrected chi connectivity index (χ1v) is 9.71. The zero-order chi connectivity index (χ0) is 20.1. The molecule has 0 spiro atoms. The number of rotatable bonds is 7. The number of carbonyl (C=O) groups is 1. The third-order valence-corrected chi connectivity index (χ3v) is 5.03. The maximum atomic E-state index is 12.1. The first kappa shape index (κ1) is 19.8. The van der Waals surface area contributed by atoms with Gasteiger partial charge in [-0.15, -0.1) is 5.10 Å². The lowest BCUT2D eigenvalue weighted by Crippen LogP contribution is -2.14. The van der Waals surface area contributed by atoms with Crippen LogP contribution in [-0.4, -0.2) is 31.8 Å². The molecule has 1 heterocycles. The summed E-state index contributed by atoms with van der Waals surface area (Å²) in [6.07, 6.45) is 0.962. The minimum absolute atomic E-state index is 0.0117. The largest absolute Gasteiger partial charge is 0.325 e. The van der Waals surface area contributed by atoms with Crippen LogP contribution in [0.3, 0.4) is 0 Å². The summed E-state index contributed by atoms with van der Waals surface area (Å²) >= 11 is 6.92.